The highest BCUT2D eigenvalue weighted by atomic mass is 35.5. The number of benzene rings is 1. The second-order valence-electron chi connectivity index (χ2n) is 5.71. The summed E-state index contributed by atoms with van der Waals surface area (Å²) in [5, 5.41) is 0.865. The molecule has 1 atom stereocenters. The zero-order valence-corrected chi connectivity index (χ0v) is 12.0. The van der Waals surface area contributed by atoms with Gasteiger partial charge in [-0.05, 0) is 31.4 Å². The molecule has 2 aliphatic heterocycles. The molecular formula is C15H22ClN3. The summed E-state index contributed by atoms with van der Waals surface area (Å²) in [6, 6.07) is 9.25. The fourth-order valence-electron chi connectivity index (χ4n) is 3.33. The zero-order chi connectivity index (χ0) is 13.2. The summed E-state index contributed by atoms with van der Waals surface area (Å²) in [7, 11) is 0. The molecule has 4 heteroatoms. The minimum Gasteiger partial charge on any atom is -0.370 e. The molecule has 0 aromatic heterocycles. The van der Waals surface area contributed by atoms with Crippen LogP contribution in [-0.2, 0) is 0 Å². The second-order valence-corrected chi connectivity index (χ2v) is 6.12. The molecule has 0 spiro atoms. The Morgan fingerprint density at radius 2 is 1.79 bits per heavy atom. The molecule has 3 rings (SSSR count). The van der Waals surface area contributed by atoms with E-state index in [1.807, 2.05) is 12.1 Å². The van der Waals surface area contributed by atoms with Crippen LogP contribution in [0.5, 0.6) is 0 Å². The topological polar surface area (TPSA) is 32.5 Å². The third-order valence-corrected chi connectivity index (χ3v) is 4.75. The summed E-state index contributed by atoms with van der Waals surface area (Å²) in [6.07, 6.45) is 3.60. The van der Waals surface area contributed by atoms with Crippen LogP contribution in [0.2, 0.25) is 5.02 Å². The molecule has 0 saturated carbocycles. The average Bonchev–Trinajstić information content (AvgIpc) is 2.86. The van der Waals surface area contributed by atoms with Gasteiger partial charge in [-0.3, -0.25) is 4.90 Å². The van der Waals surface area contributed by atoms with Crippen LogP contribution < -0.4 is 10.6 Å². The van der Waals surface area contributed by atoms with E-state index in [0.717, 1.165) is 31.1 Å². The van der Waals surface area contributed by atoms with Crippen molar-refractivity contribution < 1.29 is 0 Å². The van der Waals surface area contributed by atoms with Crippen molar-refractivity contribution in [2.75, 3.05) is 31.1 Å². The Kier molecular flexibility index (Phi) is 3.96. The highest BCUT2D eigenvalue weighted by molar-refractivity contribution is 6.33. The predicted octanol–water partition coefficient (Wildman–Crippen LogP) is 2.34. The number of halogens is 1. The molecule has 0 amide bonds. The van der Waals surface area contributed by atoms with Gasteiger partial charge >= 0.3 is 0 Å². The number of nitrogens with two attached hydrogens (primary N) is 1. The van der Waals surface area contributed by atoms with Gasteiger partial charge in [0.25, 0.3) is 0 Å². The van der Waals surface area contributed by atoms with Crippen molar-refractivity contribution in [3.8, 4) is 0 Å². The van der Waals surface area contributed by atoms with Gasteiger partial charge in [0.2, 0.25) is 0 Å². The zero-order valence-electron chi connectivity index (χ0n) is 11.3. The Morgan fingerprint density at radius 3 is 2.42 bits per heavy atom. The van der Waals surface area contributed by atoms with Crippen molar-refractivity contribution in [1.82, 2.24) is 4.90 Å². The number of nitrogens with zero attached hydrogens (tertiary/aromatic N) is 2. The van der Waals surface area contributed by atoms with E-state index in [1.54, 1.807) is 0 Å². The Labute approximate surface area is 120 Å². The lowest BCUT2D eigenvalue weighted by Crippen LogP contribution is -2.44. The molecule has 0 bridgehead atoms. The van der Waals surface area contributed by atoms with E-state index in [4.69, 9.17) is 17.3 Å². The lowest BCUT2D eigenvalue weighted by molar-refractivity contribution is 0.205. The van der Waals surface area contributed by atoms with E-state index in [2.05, 4.69) is 21.9 Å². The normalized spacial score (nSPS) is 26.0. The first-order chi connectivity index (χ1) is 9.24. The SMILES string of the molecule is NC1CCN(C2CCN(c3ccccc3Cl)CC2)C1. The first-order valence-electron chi connectivity index (χ1n) is 7.23. The molecule has 2 aliphatic rings. The van der Waals surface area contributed by atoms with E-state index in [0.29, 0.717) is 12.1 Å². The molecule has 1 aromatic rings. The molecule has 0 radical (unpaired) electrons. The van der Waals surface area contributed by atoms with Crippen molar-refractivity contribution >= 4 is 17.3 Å². The van der Waals surface area contributed by atoms with E-state index >= 15 is 0 Å². The van der Waals surface area contributed by atoms with E-state index in [-0.39, 0.29) is 0 Å². The van der Waals surface area contributed by atoms with Crippen LogP contribution in [-0.4, -0.2) is 43.2 Å². The van der Waals surface area contributed by atoms with Crippen LogP contribution in [0.1, 0.15) is 19.3 Å². The minimum atomic E-state index is 0.390. The highest BCUT2D eigenvalue weighted by Gasteiger charge is 2.29. The van der Waals surface area contributed by atoms with Gasteiger partial charge in [0.1, 0.15) is 0 Å². The van der Waals surface area contributed by atoms with Gasteiger partial charge in [-0.25, -0.2) is 0 Å². The molecule has 19 heavy (non-hydrogen) atoms. The molecule has 2 saturated heterocycles. The van der Waals surface area contributed by atoms with Gasteiger partial charge in [0.15, 0.2) is 0 Å². The standard InChI is InChI=1S/C15H22ClN3/c16-14-3-1-2-4-15(14)18-9-6-13(7-10-18)19-8-5-12(17)11-19/h1-4,12-13H,5-11,17H2. The van der Waals surface area contributed by atoms with E-state index in [1.165, 1.54) is 25.1 Å². The summed E-state index contributed by atoms with van der Waals surface area (Å²) in [5.41, 5.74) is 7.18. The minimum absolute atomic E-state index is 0.390. The number of hydrogen-bond donors (Lipinski definition) is 1. The van der Waals surface area contributed by atoms with Crippen LogP contribution in [0.3, 0.4) is 0 Å². The molecule has 2 fully saturated rings. The summed E-state index contributed by atoms with van der Waals surface area (Å²) in [6.45, 7) is 4.45. The number of hydrogen-bond acceptors (Lipinski definition) is 3. The first-order valence-corrected chi connectivity index (χ1v) is 7.61. The Balaban J connectivity index is 1.59. The molecule has 104 valence electrons. The smallest absolute Gasteiger partial charge is 0.0639 e. The van der Waals surface area contributed by atoms with Crippen LogP contribution in [0, 0.1) is 0 Å². The number of rotatable bonds is 2. The van der Waals surface area contributed by atoms with Gasteiger partial charge in [-0.1, -0.05) is 23.7 Å². The maximum absolute atomic E-state index is 6.27. The van der Waals surface area contributed by atoms with Gasteiger partial charge in [0.05, 0.1) is 10.7 Å². The van der Waals surface area contributed by atoms with Crippen LogP contribution >= 0.6 is 11.6 Å². The number of anilines is 1. The quantitative estimate of drug-likeness (QED) is 0.902. The largest absolute Gasteiger partial charge is 0.370 e. The van der Waals surface area contributed by atoms with Crippen LogP contribution in [0.15, 0.2) is 24.3 Å². The third kappa shape index (κ3) is 2.88. The number of para-hydroxylation sites is 1. The maximum Gasteiger partial charge on any atom is 0.0639 e. The maximum atomic E-state index is 6.27. The van der Waals surface area contributed by atoms with E-state index in [9.17, 15) is 0 Å². The molecule has 2 heterocycles. The number of piperidine rings is 1. The molecule has 1 unspecified atom stereocenters. The summed E-state index contributed by atoms with van der Waals surface area (Å²) in [5.74, 6) is 0. The Morgan fingerprint density at radius 1 is 1.05 bits per heavy atom. The molecule has 0 aliphatic carbocycles. The molecule has 2 N–H and O–H groups in total. The van der Waals surface area contributed by atoms with Crippen LogP contribution in [0.4, 0.5) is 5.69 Å². The van der Waals surface area contributed by atoms with Gasteiger partial charge in [-0.15, -0.1) is 0 Å². The van der Waals surface area contributed by atoms with E-state index < -0.39 is 0 Å². The Hall–Kier alpha value is -0.770. The van der Waals surface area contributed by atoms with Crippen LogP contribution in [0.25, 0.3) is 0 Å². The fourth-order valence-corrected chi connectivity index (χ4v) is 3.58. The van der Waals surface area contributed by atoms with Crippen molar-refractivity contribution in [3.05, 3.63) is 29.3 Å². The van der Waals surface area contributed by atoms with Gasteiger partial charge < -0.3 is 10.6 Å². The fraction of sp³-hybridized carbons (Fsp3) is 0.600. The summed E-state index contributed by atoms with van der Waals surface area (Å²) in [4.78, 5) is 4.99. The predicted molar refractivity (Wildman–Crippen MR) is 80.9 cm³/mol. The highest BCUT2D eigenvalue weighted by Crippen LogP contribution is 2.29. The van der Waals surface area contributed by atoms with Crippen molar-refractivity contribution in [3.63, 3.8) is 0 Å². The molecule has 1 aromatic carbocycles. The second kappa shape index (κ2) is 5.70. The van der Waals surface area contributed by atoms with Crippen molar-refractivity contribution in [2.45, 2.75) is 31.3 Å². The first kappa shape index (κ1) is 13.2. The Bertz CT molecular complexity index is 429. The molecular weight excluding hydrogens is 258 g/mol. The van der Waals surface area contributed by atoms with Gasteiger partial charge in [0, 0.05) is 38.3 Å². The summed E-state index contributed by atoms with van der Waals surface area (Å²) < 4.78 is 0. The monoisotopic (exact) mass is 279 g/mol. The average molecular weight is 280 g/mol. The van der Waals surface area contributed by atoms with Crippen molar-refractivity contribution in [2.24, 2.45) is 5.73 Å². The summed E-state index contributed by atoms with van der Waals surface area (Å²) >= 11 is 6.27. The van der Waals surface area contributed by atoms with Crippen molar-refractivity contribution in [1.29, 1.82) is 0 Å². The lowest BCUT2D eigenvalue weighted by atomic mass is 10.0. The lowest BCUT2D eigenvalue weighted by Gasteiger charge is -2.38. The molecule has 3 nitrogen and oxygen atoms in total. The van der Waals surface area contributed by atoms with Gasteiger partial charge in [-0.2, -0.15) is 0 Å². The third-order valence-electron chi connectivity index (χ3n) is 4.43. The number of likely N-dealkylation sites (tertiary alicyclic amines) is 1.